The van der Waals surface area contributed by atoms with Gasteiger partial charge in [-0.25, -0.2) is 0 Å². The molecule has 0 saturated carbocycles. The van der Waals surface area contributed by atoms with Crippen molar-refractivity contribution < 1.29 is 14.3 Å². The predicted molar refractivity (Wildman–Crippen MR) is 93.0 cm³/mol. The molecule has 0 N–H and O–H groups in total. The minimum atomic E-state index is -0.171. The second kappa shape index (κ2) is 7.49. The van der Waals surface area contributed by atoms with Crippen LogP contribution in [0.1, 0.15) is 17.0 Å². The molecule has 0 spiro atoms. The maximum Gasteiger partial charge on any atom is 0.310 e. The van der Waals surface area contributed by atoms with E-state index >= 15 is 0 Å². The fraction of sp³-hybridized carbons (Fsp3) is 0.350. The molecular formula is C20H23NO3. The molecule has 3 rings (SSSR count). The lowest BCUT2D eigenvalue weighted by atomic mass is 9.88. The van der Waals surface area contributed by atoms with Crippen LogP contribution in [0, 0.1) is 5.92 Å². The number of hydrogen-bond donors (Lipinski definition) is 0. The van der Waals surface area contributed by atoms with Crippen molar-refractivity contribution in [3.05, 3.63) is 65.7 Å². The normalized spacial score (nSPS) is 20.8. The molecule has 1 aliphatic heterocycles. The van der Waals surface area contributed by atoms with Gasteiger partial charge in [0.1, 0.15) is 5.75 Å². The van der Waals surface area contributed by atoms with Crippen molar-refractivity contribution in [3.63, 3.8) is 0 Å². The largest absolute Gasteiger partial charge is 0.496 e. The van der Waals surface area contributed by atoms with E-state index in [2.05, 4.69) is 17.0 Å². The number of hydrogen-bond acceptors (Lipinski definition) is 4. The van der Waals surface area contributed by atoms with Gasteiger partial charge in [-0.15, -0.1) is 0 Å². The van der Waals surface area contributed by atoms with Gasteiger partial charge in [-0.3, -0.25) is 9.69 Å². The molecule has 1 fully saturated rings. The number of rotatable bonds is 5. The molecular weight excluding hydrogens is 302 g/mol. The fourth-order valence-corrected chi connectivity index (χ4v) is 3.53. The molecule has 1 aliphatic rings. The van der Waals surface area contributed by atoms with E-state index in [9.17, 15) is 4.79 Å². The Morgan fingerprint density at radius 3 is 2.46 bits per heavy atom. The predicted octanol–water partition coefficient (Wildman–Crippen LogP) is 3.08. The Morgan fingerprint density at radius 1 is 1.04 bits per heavy atom. The molecule has 0 amide bonds. The van der Waals surface area contributed by atoms with Crippen LogP contribution in [0.25, 0.3) is 0 Å². The van der Waals surface area contributed by atoms with E-state index in [0.717, 1.165) is 24.4 Å². The van der Waals surface area contributed by atoms with Gasteiger partial charge in [0.15, 0.2) is 0 Å². The lowest BCUT2D eigenvalue weighted by molar-refractivity contribution is -0.145. The van der Waals surface area contributed by atoms with E-state index in [0.29, 0.717) is 6.54 Å². The quantitative estimate of drug-likeness (QED) is 0.792. The van der Waals surface area contributed by atoms with Crippen LogP contribution >= 0.6 is 0 Å². The first-order chi connectivity index (χ1) is 11.7. The van der Waals surface area contributed by atoms with Crippen molar-refractivity contribution >= 4 is 5.97 Å². The monoisotopic (exact) mass is 325 g/mol. The van der Waals surface area contributed by atoms with Gasteiger partial charge in [-0.1, -0.05) is 48.5 Å². The second-order valence-electron chi connectivity index (χ2n) is 6.16. The molecule has 0 bridgehead atoms. The van der Waals surface area contributed by atoms with Crippen LogP contribution in [-0.4, -0.2) is 38.2 Å². The van der Waals surface area contributed by atoms with Crippen LogP contribution in [0.4, 0.5) is 0 Å². The minimum Gasteiger partial charge on any atom is -0.496 e. The van der Waals surface area contributed by atoms with Crippen LogP contribution in [0.5, 0.6) is 5.75 Å². The van der Waals surface area contributed by atoms with Gasteiger partial charge in [0.05, 0.1) is 20.1 Å². The van der Waals surface area contributed by atoms with Gasteiger partial charge in [0.2, 0.25) is 0 Å². The number of carbonyl (C=O) groups is 1. The molecule has 4 heteroatoms. The topological polar surface area (TPSA) is 38.8 Å². The maximum atomic E-state index is 12.3. The highest BCUT2D eigenvalue weighted by atomic mass is 16.5. The van der Waals surface area contributed by atoms with Crippen molar-refractivity contribution in [2.24, 2.45) is 5.92 Å². The SMILES string of the molecule is COC(=O)[C@@H]1CN(Cc2ccccc2)C[C@H]1c1ccccc1OC. The van der Waals surface area contributed by atoms with Gasteiger partial charge in [0.25, 0.3) is 0 Å². The van der Waals surface area contributed by atoms with Crippen LogP contribution in [0.3, 0.4) is 0 Å². The third-order valence-corrected chi connectivity index (χ3v) is 4.69. The Hall–Kier alpha value is -2.33. The van der Waals surface area contributed by atoms with Gasteiger partial charge in [-0.2, -0.15) is 0 Å². The summed E-state index contributed by atoms with van der Waals surface area (Å²) < 4.78 is 10.6. The highest BCUT2D eigenvalue weighted by Crippen LogP contribution is 2.38. The number of ether oxygens (including phenoxy) is 2. The molecule has 126 valence electrons. The number of nitrogens with zero attached hydrogens (tertiary/aromatic N) is 1. The van der Waals surface area contributed by atoms with Crippen molar-refractivity contribution in [3.8, 4) is 5.75 Å². The molecule has 4 nitrogen and oxygen atoms in total. The lowest BCUT2D eigenvalue weighted by Gasteiger charge is -2.19. The third kappa shape index (κ3) is 3.44. The molecule has 2 atom stereocenters. The minimum absolute atomic E-state index is 0.0808. The number of esters is 1. The molecule has 24 heavy (non-hydrogen) atoms. The molecule has 0 unspecified atom stereocenters. The van der Waals surface area contributed by atoms with Crippen LogP contribution < -0.4 is 4.74 Å². The zero-order chi connectivity index (χ0) is 16.9. The number of benzene rings is 2. The summed E-state index contributed by atoms with van der Waals surface area (Å²) >= 11 is 0. The molecule has 1 saturated heterocycles. The summed E-state index contributed by atoms with van der Waals surface area (Å²) in [4.78, 5) is 14.6. The smallest absolute Gasteiger partial charge is 0.310 e. The van der Waals surface area contributed by atoms with Gasteiger partial charge >= 0.3 is 5.97 Å². The van der Waals surface area contributed by atoms with E-state index in [1.54, 1.807) is 7.11 Å². The summed E-state index contributed by atoms with van der Waals surface area (Å²) in [6.07, 6.45) is 0. The highest BCUT2D eigenvalue weighted by molar-refractivity contribution is 5.74. The molecule has 2 aromatic rings. The third-order valence-electron chi connectivity index (χ3n) is 4.69. The first-order valence-electron chi connectivity index (χ1n) is 8.20. The van der Waals surface area contributed by atoms with Crippen molar-refractivity contribution in [1.82, 2.24) is 4.90 Å². The average molecular weight is 325 g/mol. The Morgan fingerprint density at radius 2 is 1.75 bits per heavy atom. The van der Waals surface area contributed by atoms with Crippen molar-refractivity contribution in [2.75, 3.05) is 27.3 Å². The van der Waals surface area contributed by atoms with Gasteiger partial charge in [0, 0.05) is 25.6 Å². The van der Waals surface area contributed by atoms with Gasteiger partial charge in [-0.05, 0) is 17.2 Å². The van der Waals surface area contributed by atoms with E-state index in [1.165, 1.54) is 12.7 Å². The second-order valence-corrected chi connectivity index (χ2v) is 6.16. The number of likely N-dealkylation sites (tertiary alicyclic amines) is 1. The van der Waals surface area contributed by atoms with Crippen molar-refractivity contribution in [1.29, 1.82) is 0 Å². The first-order valence-corrected chi connectivity index (χ1v) is 8.20. The molecule has 2 aromatic carbocycles. The molecule has 0 radical (unpaired) electrons. The summed E-state index contributed by atoms with van der Waals surface area (Å²) in [5.41, 5.74) is 2.33. The standard InChI is InChI=1S/C20H23NO3/c1-23-19-11-7-6-10-16(19)17-13-21(14-18(17)20(22)24-2)12-15-8-4-3-5-9-15/h3-11,17-18H,12-14H2,1-2H3/t17-,18+/m0/s1. The van der Waals surface area contributed by atoms with E-state index < -0.39 is 0 Å². The van der Waals surface area contributed by atoms with Crippen LogP contribution in [-0.2, 0) is 16.1 Å². The van der Waals surface area contributed by atoms with E-state index in [1.807, 2.05) is 42.5 Å². The fourth-order valence-electron chi connectivity index (χ4n) is 3.53. The highest BCUT2D eigenvalue weighted by Gasteiger charge is 2.40. The summed E-state index contributed by atoms with van der Waals surface area (Å²) in [6, 6.07) is 18.3. The Kier molecular flexibility index (Phi) is 5.16. The number of carbonyl (C=O) groups excluding carboxylic acids is 1. The summed E-state index contributed by atoms with van der Waals surface area (Å²) in [5, 5.41) is 0. The number of methoxy groups -OCH3 is 2. The Labute approximate surface area is 143 Å². The summed E-state index contributed by atoms with van der Waals surface area (Å²) in [7, 11) is 3.13. The first kappa shape index (κ1) is 16.5. The summed E-state index contributed by atoms with van der Waals surface area (Å²) in [5.74, 6) is 0.590. The van der Waals surface area contributed by atoms with Crippen molar-refractivity contribution in [2.45, 2.75) is 12.5 Å². The average Bonchev–Trinajstić information content (AvgIpc) is 3.05. The maximum absolute atomic E-state index is 12.3. The lowest BCUT2D eigenvalue weighted by Crippen LogP contribution is -2.24. The Bertz CT molecular complexity index is 686. The number of para-hydroxylation sites is 1. The van der Waals surface area contributed by atoms with E-state index in [-0.39, 0.29) is 17.8 Å². The molecule has 1 heterocycles. The zero-order valence-corrected chi connectivity index (χ0v) is 14.1. The zero-order valence-electron chi connectivity index (χ0n) is 14.1. The molecule has 0 aromatic heterocycles. The Balaban J connectivity index is 1.84. The summed E-state index contributed by atoms with van der Waals surface area (Å²) in [6.45, 7) is 2.35. The molecule has 0 aliphatic carbocycles. The van der Waals surface area contributed by atoms with Crippen LogP contribution in [0.2, 0.25) is 0 Å². The van der Waals surface area contributed by atoms with E-state index in [4.69, 9.17) is 9.47 Å². The van der Waals surface area contributed by atoms with Crippen LogP contribution in [0.15, 0.2) is 54.6 Å². The van der Waals surface area contributed by atoms with Gasteiger partial charge < -0.3 is 9.47 Å².